The highest BCUT2D eigenvalue weighted by atomic mass is 19.1. The van der Waals surface area contributed by atoms with Crippen LogP contribution in [0.1, 0.15) is 10.4 Å². The van der Waals surface area contributed by atoms with Gasteiger partial charge in [0, 0.05) is 5.69 Å². The molecule has 0 aromatic heterocycles. The van der Waals surface area contributed by atoms with Gasteiger partial charge in [0.15, 0.2) is 0 Å². The molecule has 0 aliphatic heterocycles. The monoisotopic (exact) mass is 248 g/mol. The van der Waals surface area contributed by atoms with Crippen molar-refractivity contribution >= 4 is 17.3 Å². The molecule has 92 valence electrons. The van der Waals surface area contributed by atoms with E-state index >= 15 is 0 Å². The minimum Gasteiger partial charge on any atom is -0.399 e. The molecular formula is C13H10F2N2O. The summed E-state index contributed by atoms with van der Waals surface area (Å²) in [5.74, 6) is -2.04. The van der Waals surface area contributed by atoms with Gasteiger partial charge in [-0.05, 0) is 30.3 Å². The summed E-state index contributed by atoms with van der Waals surface area (Å²) in [7, 11) is 0. The second kappa shape index (κ2) is 4.83. The predicted molar refractivity (Wildman–Crippen MR) is 65.2 cm³/mol. The molecular weight excluding hydrogens is 238 g/mol. The largest absolute Gasteiger partial charge is 0.399 e. The number of carbonyl (C=O) groups excluding carboxylic acids is 1. The molecule has 0 radical (unpaired) electrons. The fraction of sp³-hybridized carbons (Fsp3) is 0. The number of carbonyl (C=O) groups is 1. The van der Waals surface area contributed by atoms with Crippen molar-refractivity contribution in [2.75, 3.05) is 11.1 Å². The smallest absolute Gasteiger partial charge is 0.258 e. The molecule has 0 aliphatic carbocycles. The van der Waals surface area contributed by atoms with E-state index in [0.717, 1.165) is 6.07 Å². The van der Waals surface area contributed by atoms with Gasteiger partial charge < -0.3 is 11.1 Å². The van der Waals surface area contributed by atoms with Crippen molar-refractivity contribution in [1.29, 1.82) is 0 Å². The maximum atomic E-state index is 13.4. The van der Waals surface area contributed by atoms with Gasteiger partial charge in [-0.15, -0.1) is 0 Å². The van der Waals surface area contributed by atoms with Crippen molar-refractivity contribution in [3.05, 3.63) is 59.7 Å². The highest BCUT2D eigenvalue weighted by molar-refractivity contribution is 6.05. The first-order valence-electron chi connectivity index (χ1n) is 5.19. The minimum atomic E-state index is -0.745. The molecule has 18 heavy (non-hydrogen) atoms. The second-order valence-corrected chi connectivity index (χ2v) is 3.67. The average Bonchev–Trinajstić information content (AvgIpc) is 2.35. The van der Waals surface area contributed by atoms with Crippen LogP contribution < -0.4 is 11.1 Å². The lowest BCUT2D eigenvalue weighted by Gasteiger charge is -2.07. The number of halogens is 2. The number of nitrogens with one attached hydrogen (secondary N) is 1. The van der Waals surface area contributed by atoms with E-state index in [2.05, 4.69) is 5.32 Å². The standard InChI is InChI=1S/C13H10F2N2O/c14-10-6-5-8(16)7-9(10)13(18)17-12-4-2-1-3-11(12)15/h1-7H,16H2,(H,17,18). The normalized spacial score (nSPS) is 10.1. The lowest BCUT2D eigenvalue weighted by atomic mass is 10.1. The number of benzene rings is 2. The van der Waals surface area contributed by atoms with Crippen LogP contribution >= 0.6 is 0 Å². The van der Waals surface area contributed by atoms with E-state index in [1.807, 2.05) is 0 Å². The van der Waals surface area contributed by atoms with Gasteiger partial charge in [-0.3, -0.25) is 4.79 Å². The quantitative estimate of drug-likeness (QED) is 0.803. The first kappa shape index (κ1) is 12.0. The Bertz CT molecular complexity index is 599. The Morgan fingerprint density at radius 2 is 1.78 bits per heavy atom. The van der Waals surface area contributed by atoms with Gasteiger partial charge in [0.25, 0.3) is 5.91 Å². The Kier molecular flexibility index (Phi) is 3.23. The molecule has 0 fully saturated rings. The maximum absolute atomic E-state index is 13.4. The number of nitrogens with two attached hydrogens (primary N) is 1. The van der Waals surface area contributed by atoms with Gasteiger partial charge in [0.05, 0.1) is 11.3 Å². The fourth-order valence-corrected chi connectivity index (χ4v) is 1.47. The minimum absolute atomic E-state index is 0.00988. The third-order valence-electron chi connectivity index (χ3n) is 2.36. The molecule has 0 spiro atoms. The van der Waals surface area contributed by atoms with E-state index in [0.29, 0.717) is 0 Å². The summed E-state index contributed by atoms with van der Waals surface area (Å²) in [4.78, 5) is 11.8. The lowest BCUT2D eigenvalue weighted by molar-refractivity contribution is 0.102. The lowest BCUT2D eigenvalue weighted by Crippen LogP contribution is -2.15. The summed E-state index contributed by atoms with van der Waals surface area (Å²) in [6.45, 7) is 0. The summed E-state index contributed by atoms with van der Waals surface area (Å²) < 4.78 is 26.7. The third kappa shape index (κ3) is 2.45. The molecule has 5 heteroatoms. The van der Waals surface area contributed by atoms with Crippen molar-refractivity contribution in [2.24, 2.45) is 0 Å². The molecule has 2 aromatic rings. The van der Waals surface area contributed by atoms with Gasteiger partial charge >= 0.3 is 0 Å². The van der Waals surface area contributed by atoms with Crippen LogP contribution in [0.5, 0.6) is 0 Å². The Morgan fingerprint density at radius 3 is 2.50 bits per heavy atom. The highest BCUT2D eigenvalue weighted by Gasteiger charge is 2.13. The molecule has 3 nitrogen and oxygen atoms in total. The zero-order chi connectivity index (χ0) is 13.1. The molecule has 0 bridgehead atoms. The number of para-hydroxylation sites is 1. The molecule has 3 N–H and O–H groups in total. The Labute approximate surface area is 102 Å². The molecule has 0 unspecified atom stereocenters. The summed E-state index contributed by atoms with van der Waals surface area (Å²) in [5.41, 5.74) is 5.49. The highest BCUT2D eigenvalue weighted by Crippen LogP contribution is 2.17. The fourth-order valence-electron chi connectivity index (χ4n) is 1.47. The van der Waals surface area contributed by atoms with Gasteiger partial charge in [0.2, 0.25) is 0 Å². The van der Waals surface area contributed by atoms with Crippen molar-refractivity contribution in [2.45, 2.75) is 0 Å². The molecule has 0 aliphatic rings. The topological polar surface area (TPSA) is 55.1 Å². The van der Waals surface area contributed by atoms with Crippen molar-refractivity contribution in [3.8, 4) is 0 Å². The van der Waals surface area contributed by atoms with Gasteiger partial charge in [-0.1, -0.05) is 12.1 Å². The van der Waals surface area contributed by atoms with E-state index in [1.54, 1.807) is 6.07 Å². The van der Waals surface area contributed by atoms with Crippen LogP contribution in [0.25, 0.3) is 0 Å². The summed E-state index contributed by atoms with van der Waals surface area (Å²) >= 11 is 0. The van der Waals surface area contributed by atoms with E-state index in [4.69, 9.17) is 5.73 Å². The molecule has 2 aromatic carbocycles. The number of rotatable bonds is 2. The first-order valence-corrected chi connectivity index (χ1v) is 5.19. The number of hydrogen-bond acceptors (Lipinski definition) is 2. The molecule has 0 saturated carbocycles. The Balaban J connectivity index is 2.28. The molecule has 0 saturated heterocycles. The molecule has 2 rings (SSSR count). The molecule has 0 heterocycles. The molecule has 0 atom stereocenters. The van der Waals surface area contributed by atoms with E-state index in [9.17, 15) is 13.6 Å². The summed E-state index contributed by atoms with van der Waals surface area (Å²) in [6.07, 6.45) is 0. The summed E-state index contributed by atoms with van der Waals surface area (Å²) in [6, 6.07) is 9.27. The van der Waals surface area contributed by atoms with Crippen molar-refractivity contribution in [3.63, 3.8) is 0 Å². The van der Waals surface area contributed by atoms with Gasteiger partial charge in [-0.2, -0.15) is 0 Å². The van der Waals surface area contributed by atoms with E-state index in [1.165, 1.54) is 30.3 Å². The van der Waals surface area contributed by atoms with Crippen LogP contribution in [0.15, 0.2) is 42.5 Å². The van der Waals surface area contributed by atoms with Crippen molar-refractivity contribution in [1.82, 2.24) is 0 Å². The van der Waals surface area contributed by atoms with Crippen LogP contribution in [-0.2, 0) is 0 Å². The summed E-state index contributed by atoms with van der Waals surface area (Å²) in [5, 5.41) is 2.29. The number of anilines is 2. The van der Waals surface area contributed by atoms with Crippen molar-refractivity contribution < 1.29 is 13.6 Å². The Morgan fingerprint density at radius 1 is 1.06 bits per heavy atom. The zero-order valence-corrected chi connectivity index (χ0v) is 9.28. The first-order chi connectivity index (χ1) is 8.58. The van der Waals surface area contributed by atoms with Gasteiger partial charge in [-0.25, -0.2) is 8.78 Å². The van der Waals surface area contributed by atoms with Crippen LogP contribution in [0.2, 0.25) is 0 Å². The van der Waals surface area contributed by atoms with E-state index < -0.39 is 17.5 Å². The number of hydrogen-bond donors (Lipinski definition) is 2. The van der Waals surface area contributed by atoms with Crippen LogP contribution in [0.4, 0.5) is 20.2 Å². The van der Waals surface area contributed by atoms with Gasteiger partial charge in [0.1, 0.15) is 11.6 Å². The zero-order valence-electron chi connectivity index (χ0n) is 9.28. The average molecular weight is 248 g/mol. The SMILES string of the molecule is Nc1ccc(F)c(C(=O)Nc2ccccc2F)c1. The second-order valence-electron chi connectivity index (χ2n) is 3.67. The predicted octanol–water partition coefficient (Wildman–Crippen LogP) is 2.80. The van der Waals surface area contributed by atoms with E-state index in [-0.39, 0.29) is 16.9 Å². The number of amides is 1. The van der Waals surface area contributed by atoms with Crippen LogP contribution in [0, 0.1) is 11.6 Å². The van der Waals surface area contributed by atoms with Crippen LogP contribution in [0.3, 0.4) is 0 Å². The third-order valence-corrected chi connectivity index (χ3v) is 2.36. The Hall–Kier alpha value is -2.43. The maximum Gasteiger partial charge on any atom is 0.258 e. The number of nitrogen functional groups attached to an aromatic ring is 1. The van der Waals surface area contributed by atoms with Crippen LogP contribution in [-0.4, -0.2) is 5.91 Å². The molecule has 1 amide bonds.